The minimum atomic E-state index is 0.115. The second-order valence-corrected chi connectivity index (χ2v) is 6.46. The molecule has 0 radical (unpaired) electrons. The second-order valence-electron chi connectivity index (χ2n) is 6.46. The van der Waals surface area contributed by atoms with Crippen LogP contribution in [0.4, 0.5) is 11.4 Å². The van der Waals surface area contributed by atoms with Crippen LogP contribution < -0.4 is 16.0 Å². The van der Waals surface area contributed by atoms with Gasteiger partial charge in [-0.3, -0.25) is 4.79 Å². The Kier molecular flexibility index (Phi) is 7.37. The Labute approximate surface area is 146 Å². The van der Waals surface area contributed by atoms with E-state index in [1.807, 2.05) is 6.07 Å². The lowest BCUT2D eigenvalue weighted by molar-refractivity contribution is -0.121. The summed E-state index contributed by atoms with van der Waals surface area (Å²) >= 11 is 0. The van der Waals surface area contributed by atoms with Gasteiger partial charge in [0.15, 0.2) is 0 Å². The number of nitrogens with zero attached hydrogens (tertiary/aromatic N) is 2. The summed E-state index contributed by atoms with van der Waals surface area (Å²) < 4.78 is 0. The third-order valence-corrected chi connectivity index (χ3v) is 4.82. The molecule has 5 nitrogen and oxygen atoms in total. The van der Waals surface area contributed by atoms with Crippen LogP contribution in [0.1, 0.15) is 38.7 Å². The van der Waals surface area contributed by atoms with Crippen molar-refractivity contribution in [3.05, 3.63) is 23.8 Å². The number of nitrogens with one attached hydrogen (secondary N) is 1. The first-order chi connectivity index (χ1) is 11.6. The predicted molar refractivity (Wildman–Crippen MR) is 101 cm³/mol. The SMILES string of the molecule is CCN(CC)CCNC(=O)CCc1ccc(N2CCCC2)c(N)c1. The van der Waals surface area contributed by atoms with Crippen molar-refractivity contribution in [1.29, 1.82) is 0 Å². The Hall–Kier alpha value is -1.75. The van der Waals surface area contributed by atoms with E-state index in [9.17, 15) is 4.79 Å². The van der Waals surface area contributed by atoms with Crippen molar-refractivity contribution in [1.82, 2.24) is 10.2 Å². The lowest BCUT2D eigenvalue weighted by atomic mass is 10.1. The van der Waals surface area contributed by atoms with Crippen LogP contribution in [0.5, 0.6) is 0 Å². The van der Waals surface area contributed by atoms with Gasteiger partial charge in [0.25, 0.3) is 0 Å². The van der Waals surface area contributed by atoms with Crippen molar-refractivity contribution in [3.63, 3.8) is 0 Å². The molecule has 0 bridgehead atoms. The molecule has 0 atom stereocenters. The van der Waals surface area contributed by atoms with Gasteiger partial charge in [0.05, 0.1) is 11.4 Å². The zero-order valence-corrected chi connectivity index (χ0v) is 15.2. The Morgan fingerprint density at radius 1 is 1.25 bits per heavy atom. The molecule has 0 aliphatic carbocycles. The highest BCUT2D eigenvalue weighted by molar-refractivity contribution is 5.76. The number of benzene rings is 1. The molecule has 1 aromatic carbocycles. The Morgan fingerprint density at radius 3 is 2.58 bits per heavy atom. The smallest absolute Gasteiger partial charge is 0.220 e. The van der Waals surface area contributed by atoms with Crippen molar-refractivity contribution in [2.24, 2.45) is 0 Å². The monoisotopic (exact) mass is 332 g/mol. The standard InChI is InChI=1S/C19H32N4O/c1-3-22(4-2)14-11-21-19(24)10-8-16-7-9-18(17(20)15-16)23-12-5-6-13-23/h7,9,15H,3-6,8,10-14,20H2,1-2H3,(H,21,24). The number of hydrogen-bond donors (Lipinski definition) is 2. The van der Waals surface area contributed by atoms with E-state index in [1.54, 1.807) is 0 Å². The van der Waals surface area contributed by atoms with Gasteiger partial charge in [0, 0.05) is 32.6 Å². The van der Waals surface area contributed by atoms with Crippen molar-refractivity contribution >= 4 is 17.3 Å². The number of nitrogen functional groups attached to an aromatic ring is 1. The van der Waals surface area contributed by atoms with Gasteiger partial charge in [0.1, 0.15) is 0 Å². The molecule has 1 aliphatic heterocycles. The van der Waals surface area contributed by atoms with Gasteiger partial charge < -0.3 is 20.9 Å². The highest BCUT2D eigenvalue weighted by Gasteiger charge is 2.15. The number of anilines is 2. The van der Waals surface area contributed by atoms with Gasteiger partial charge in [0.2, 0.25) is 5.91 Å². The fraction of sp³-hybridized carbons (Fsp3) is 0.632. The highest BCUT2D eigenvalue weighted by atomic mass is 16.1. The van der Waals surface area contributed by atoms with Crippen LogP contribution in [0.15, 0.2) is 18.2 Å². The van der Waals surface area contributed by atoms with Crippen molar-refractivity contribution in [3.8, 4) is 0 Å². The van der Waals surface area contributed by atoms with Crippen LogP contribution in [0.3, 0.4) is 0 Å². The molecule has 1 fully saturated rings. The number of carbonyl (C=O) groups excluding carboxylic acids is 1. The summed E-state index contributed by atoms with van der Waals surface area (Å²) in [5, 5.41) is 3.00. The number of likely N-dealkylation sites (N-methyl/N-ethyl adjacent to an activating group) is 1. The summed E-state index contributed by atoms with van der Waals surface area (Å²) in [7, 11) is 0. The minimum absolute atomic E-state index is 0.115. The lowest BCUT2D eigenvalue weighted by Crippen LogP contribution is -2.34. The summed E-state index contributed by atoms with van der Waals surface area (Å²) in [4.78, 5) is 16.6. The molecule has 1 saturated heterocycles. The molecule has 1 aliphatic rings. The van der Waals surface area contributed by atoms with Crippen molar-refractivity contribution in [2.45, 2.75) is 39.5 Å². The maximum Gasteiger partial charge on any atom is 0.220 e. The van der Waals surface area contributed by atoms with Gasteiger partial charge >= 0.3 is 0 Å². The summed E-state index contributed by atoms with van der Waals surface area (Å²) in [5.41, 5.74) is 9.31. The maximum atomic E-state index is 12.0. The number of rotatable bonds is 9. The maximum absolute atomic E-state index is 12.0. The summed E-state index contributed by atoms with van der Waals surface area (Å²) in [6, 6.07) is 6.23. The number of nitrogens with two attached hydrogens (primary N) is 1. The van der Waals surface area contributed by atoms with E-state index in [1.165, 1.54) is 12.8 Å². The third-order valence-electron chi connectivity index (χ3n) is 4.82. The van der Waals surface area contributed by atoms with Gasteiger partial charge in [-0.1, -0.05) is 19.9 Å². The molecular weight excluding hydrogens is 300 g/mol. The predicted octanol–water partition coefficient (Wildman–Crippen LogP) is 2.26. The van der Waals surface area contributed by atoms with Gasteiger partial charge in [-0.2, -0.15) is 0 Å². The molecule has 24 heavy (non-hydrogen) atoms. The lowest BCUT2D eigenvalue weighted by Gasteiger charge is -2.20. The van der Waals surface area contributed by atoms with Crippen LogP contribution in [-0.2, 0) is 11.2 Å². The molecule has 1 amide bonds. The Bertz CT molecular complexity index is 522. The number of amides is 1. The van der Waals surface area contributed by atoms with Crippen LogP contribution in [0.2, 0.25) is 0 Å². The average molecular weight is 332 g/mol. The summed E-state index contributed by atoms with van der Waals surface area (Å²) in [6.07, 6.45) is 3.74. The molecular formula is C19H32N4O. The molecule has 1 aromatic rings. The molecule has 5 heteroatoms. The van der Waals surface area contributed by atoms with E-state index in [0.717, 1.165) is 62.6 Å². The topological polar surface area (TPSA) is 61.6 Å². The fourth-order valence-electron chi connectivity index (χ4n) is 3.25. The van der Waals surface area contributed by atoms with E-state index >= 15 is 0 Å². The number of hydrogen-bond acceptors (Lipinski definition) is 4. The van der Waals surface area contributed by atoms with Crippen LogP contribution in [-0.4, -0.2) is 50.1 Å². The van der Waals surface area contributed by atoms with E-state index < -0.39 is 0 Å². The molecule has 0 aromatic heterocycles. The highest BCUT2D eigenvalue weighted by Crippen LogP contribution is 2.27. The van der Waals surface area contributed by atoms with Crippen molar-refractivity contribution in [2.75, 3.05) is 49.9 Å². The molecule has 0 saturated carbocycles. The van der Waals surface area contributed by atoms with Gasteiger partial charge in [-0.15, -0.1) is 0 Å². The first-order valence-electron chi connectivity index (χ1n) is 9.26. The third kappa shape index (κ3) is 5.41. The first kappa shape index (κ1) is 18.6. The molecule has 134 valence electrons. The van der Waals surface area contributed by atoms with Crippen LogP contribution >= 0.6 is 0 Å². The molecule has 0 spiro atoms. The fourth-order valence-corrected chi connectivity index (χ4v) is 3.25. The quantitative estimate of drug-likeness (QED) is 0.681. The van der Waals surface area contributed by atoms with Gasteiger partial charge in [-0.25, -0.2) is 0 Å². The number of aryl methyl sites for hydroxylation is 1. The summed E-state index contributed by atoms with van der Waals surface area (Å²) in [6.45, 7) is 10.1. The molecule has 2 rings (SSSR count). The first-order valence-corrected chi connectivity index (χ1v) is 9.26. The van der Waals surface area contributed by atoms with E-state index in [-0.39, 0.29) is 5.91 Å². The van der Waals surface area contributed by atoms with E-state index in [0.29, 0.717) is 6.42 Å². The zero-order chi connectivity index (χ0) is 17.4. The average Bonchev–Trinajstić information content (AvgIpc) is 3.11. The van der Waals surface area contributed by atoms with Gasteiger partial charge in [-0.05, 0) is 50.0 Å². The molecule has 1 heterocycles. The largest absolute Gasteiger partial charge is 0.397 e. The zero-order valence-electron chi connectivity index (χ0n) is 15.2. The molecule has 3 N–H and O–H groups in total. The molecule has 0 unspecified atom stereocenters. The summed E-state index contributed by atoms with van der Waals surface area (Å²) in [5.74, 6) is 0.115. The van der Waals surface area contributed by atoms with E-state index in [4.69, 9.17) is 5.73 Å². The minimum Gasteiger partial charge on any atom is -0.397 e. The van der Waals surface area contributed by atoms with Crippen molar-refractivity contribution < 1.29 is 4.79 Å². The normalized spacial score (nSPS) is 14.4. The van der Waals surface area contributed by atoms with Crippen LogP contribution in [0, 0.1) is 0 Å². The second kappa shape index (κ2) is 9.52. The Balaban J connectivity index is 1.75. The van der Waals surface area contributed by atoms with Crippen LogP contribution in [0.25, 0.3) is 0 Å². The Morgan fingerprint density at radius 2 is 1.96 bits per heavy atom. The number of carbonyl (C=O) groups is 1. The van der Waals surface area contributed by atoms with E-state index in [2.05, 4.69) is 41.1 Å².